The van der Waals surface area contributed by atoms with Crippen LogP contribution in [-0.4, -0.2) is 35.4 Å². The van der Waals surface area contributed by atoms with Gasteiger partial charge in [-0.3, -0.25) is 0 Å². The van der Waals surface area contributed by atoms with E-state index in [1.165, 1.54) is 0 Å². The fourth-order valence-electron chi connectivity index (χ4n) is 2.84. The van der Waals surface area contributed by atoms with Gasteiger partial charge in [0.25, 0.3) is 0 Å². The number of halogens is 1. The normalized spacial score (nSPS) is 12.7. The highest BCUT2D eigenvalue weighted by Crippen LogP contribution is 2.33. The number of ether oxygens (including phenoxy) is 2. The second-order valence-corrected chi connectivity index (χ2v) is 8.28. The van der Waals surface area contributed by atoms with Crippen LogP contribution in [0.3, 0.4) is 0 Å². The lowest BCUT2D eigenvalue weighted by molar-refractivity contribution is 0.0512. The van der Waals surface area contributed by atoms with E-state index in [-0.39, 0.29) is 12.0 Å². The largest absolute Gasteiger partial charge is 0.461 e. The standard InChI is InChI=1S/C20H27BrN2O4/c1-7-26-18(24)15-10-14-9-8-12(2)16(21)17(14)23(15)13(3)11-22-19(25)27-20(4,5)6/h8-10,13H,7,11H2,1-6H3,(H,22,25)/t13-/m1/s1. The minimum atomic E-state index is -0.566. The molecule has 0 aliphatic carbocycles. The van der Waals surface area contributed by atoms with Crippen LogP contribution in [0.4, 0.5) is 4.79 Å². The van der Waals surface area contributed by atoms with Crippen LogP contribution >= 0.6 is 15.9 Å². The topological polar surface area (TPSA) is 69.6 Å². The molecule has 0 saturated heterocycles. The molecule has 7 heteroatoms. The average Bonchev–Trinajstić information content (AvgIpc) is 2.95. The highest BCUT2D eigenvalue weighted by molar-refractivity contribution is 9.10. The van der Waals surface area contributed by atoms with Crippen molar-refractivity contribution in [2.75, 3.05) is 13.2 Å². The van der Waals surface area contributed by atoms with Crippen LogP contribution in [0, 0.1) is 6.92 Å². The molecule has 6 nitrogen and oxygen atoms in total. The Labute approximate surface area is 168 Å². The van der Waals surface area contributed by atoms with E-state index in [4.69, 9.17) is 9.47 Å². The minimum Gasteiger partial charge on any atom is -0.461 e. The first kappa shape index (κ1) is 21.3. The van der Waals surface area contributed by atoms with E-state index in [2.05, 4.69) is 21.2 Å². The summed E-state index contributed by atoms with van der Waals surface area (Å²) in [6.07, 6.45) is -0.487. The van der Waals surface area contributed by atoms with Crippen LogP contribution < -0.4 is 5.32 Å². The van der Waals surface area contributed by atoms with Crippen LogP contribution in [0.15, 0.2) is 22.7 Å². The Bertz CT molecular complexity index is 852. The smallest absolute Gasteiger partial charge is 0.407 e. The number of carbonyl (C=O) groups is 2. The predicted octanol–water partition coefficient (Wildman–Crippen LogP) is 4.97. The monoisotopic (exact) mass is 438 g/mol. The number of carbonyl (C=O) groups excluding carboxylic acids is 2. The molecule has 27 heavy (non-hydrogen) atoms. The number of nitrogens with one attached hydrogen (secondary N) is 1. The summed E-state index contributed by atoms with van der Waals surface area (Å²) in [5.41, 5.74) is 1.85. The third-order valence-electron chi connectivity index (χ3n) is 4.00. The first-order chi connectivity index (χ1) is 12.5. The fraction of sp³-hybridized carbons (Fsp3) is 0.500. The predicted molar refractivity (Wildman–Crippen MR) is 109 cm³/mol. The zero-order valence-electron chi connectivity index (χ0n) is 16.7. The number of nitrogens with zero attached hydrogens (tertiary/aromatic N) is 1. The maximum atomic E-state index is 12.5. The maximum Gasteiger partial charge on any atom is 0.407 e. The third-order valence-corrected chi connectivity index (χ3v) is 5.00. The van der Waals surface area contributed by atoms with E-state index in [0.717, 1.165) is 20.9 Å². The lowest BCUT2D eigenvalue weighted by Crippen LogP contribution is -2.35. The molecule has 0 aliphatic heterocycles. The SMILES string of the molecule is CCOC(=O)c1cc2ccc(C)c(Br)c2n1[C@H](C)CNC(=O)OC(C)(C)C. The van der Waals surface area contributed by atoms with E-state index < -0.39 is 11.7 Å². The van der Waals surface area contributed by atoms with Crippen LogP contribution in [0.1, 0.15) is 56.7 Å². The second-order valence-electron chi connectivity index (χ2n) is 7.49. The Hall–Kier alpha value is -2.02. The van der Waals surface area contributed by atoms with Crippen molar-refractivity contribution in [3.05, 3.63) is 33.9 Å². The van der Waals surface area contributed by atoms with Gasteiger partial charge < -0.3 is 19.4 Å². The summed E-state index contributed by atoms with van der Waals surface area (Å²) in [6.45, 7) is 11.8. The van der Waals surface area contributed by atoms with Gasteiger partial charge in [-0.1, -0.05) is 12.1 Å². The van der Waals surface area contributed by atoms with Crippen LogP contribution in [0.25, 0.3) is 10.9 Å². The molecule has 0 unspecified atom stereocenters. The van der Waals surface area contributed by atoms with Crippen LogP contribution in [-0.2, 0) is 9.47 Å². The van der Waals surface area contributed by atoms with Crippen molar-refractivity contribution in [1.29, 1.82) is 0 Å². The van der Waals surface area contributed by atoms with Crippen molar-refractivity contribution in [2.24, 2.45) is 0 Å². The van der Waals surface area contributed by atoms with E-state index >= 15 is 0 Å². The molecule has 0 fully saturated rings. The summed E-state index contributed by atoms with van der Waals surface area (Å²) >= 11 is 3.64. The molecule has 1 aromatic heterocycles. The molecule has 0 spiro atoms. The Morgan fingerprint density at radius 2 is 1.96 bits per heavy atom. The van der Waals surface area contributed by atoms with Crippen molar-refractivity contribution in [2.45, 2.75) is 53.2 Å². The number of aryl methyl sites for hydroxylation is 1. The molecule has 1 N–H and O–H groups in total. The van der Waals surface area contributed by atoms with Crippen molar-refractivity contribution in [1.82, 2.24) is 9.88 Å². The van der Waals surface area contributed by atoms with Crippen molar-refractivity contribution in [3.8, 4) is 0 Å². The molecule has 2 rings (SSSR count). The summed E-state index contributed by atoms with van der Waals surface area (Å²) in [6, 6.07) is 5.60. The molecule has 1 heterocycles. The Kier molecular flexibility index (Phi) is 6.57. The van der Waals surface area contributed by atoms with Crippen molar-refractivity contribution >= 4 is 38.9 Å². The Morgan fingerprint density at radius 1 is 1.30 bits per heavy atom. The Balaban J connectivity index is 2.39. The molecule has 1 amide bonds. The molecule has 0 radical (unpaired) electrons. The van der Waals surface area contributed by atoms with E-state index in [0.29, 0.717) is 18.8 Å². The zero-order chi connectivity index (χ0) is 20.4. The molecular weight excluding hydrogens is 412 g/mol. The fourth-order valence-corrected chi connectivity index (χ4v) is 3.39. The van der Waals surface area contributed by atoms with Gasteiger partial charge in [0, 0.05) is 22.4 Å². The highest BCUT2D eigenvalue weighted by atomic mass is 79.9. The number of aromatic nitrogens is 1. The van der Waals surface area contributed by atoms with Gasteiger partial charge in [-0.2, -0.15) is 0 Å². The van der Waals surface area contributed by atoms with Gasteiger partial charge >= 0.3 is 12.1 Å². The summed E-state index contributed by atoms with van der Waals surface area (Å²) in [5, 5.41) is 3.70. The number of hydrogen-bond donors (Lipinski definition) is 1. The van der Waals surface area contributed by atoms with Gasteiger partial charge in [0.05, 0.1) is 12.1 Å². The summed E-state index contributed by atoms with van der Waals surface area (Å²) < 4.78 is 13.3. The van der Waals surface area contributed by atoms with Gasteiger partial charge in [-0.15, -0.1) is 0 Å². The number of hydrogen-bond acceptors (Lipinski definition) is 4. The molecular formula is C20H27BrN2O4. The number of rotatable bonds is 5. The number of benzene rings is 1. The van der Waals surface area contributed by atoms with Gasteiger partial charge in [0.15, 0.2) is 0 Å². The van der Waals surface area contributed by atoms with Crippen LogP contribution in [0.5, 0.6) is 0 Å². The number of amides is 1. The molecule has 1 atom stereocenters. The summed E-state index contributed by atoms with van der Waals surface area (Å²) in [7, 11) is 0. The highest BCUT2D eigenvalue weighted by Gasteiger charge is 2.23. The van der Waals surface area contributed by atoms with E-state index in [1.54, 1.807) is 6.92 Å². The maximum absolute atomic E-state index is 12.5. The molecule has 1 aromatic carbocycles. The second kappa shape index (κ2) is 8.33. The molecule has 148 valence electrons. The van der Waals surface area contributed by atoms with Crippen LogP contribution in [0.2, 0.25) is 0 Å². The lowest BCUT2D eigenvalue weighted by Gasteiger charge is -2.22. The minimum absolute atomic E-state index is 0.187. The van der Waals surface area contributed by atoms with Gasteiger partial charge in [0.2, 0.25) is 0 Å². The number of esters is 1. The van der Waals surface area contributed by atoms with Crippen molar-refractivity contribution in [3.63, 3.8) is 0 Å². The summed E-state index contributed by atoms with van der Waals surface area (Å²) in [4.78, 5) is 24.5. The molecule has 0 bridgehead atoms. The zero-order valence-corrected chi connectivity index (χ0v) is 18.3. The quantitative estimate of drug-likeness (QED) is 0.668. The molecule has 2 aromatic rings. The first-order valence-corrected chi connectivity index (χ1v) is 9.78. The molecule has 0 aliphatic rings. The lowest BCUT2D eigenvalue weighted by atomic mass is 10.2. The number of fused-ring (bicyclic) bond motifs is 1. The Morgan fingerprint density at radius 3 is 2.56 bits per heavy atom. The summed E-state index contributed by atoms with van der Waals surface area (Å²) in [5.74, 6) is -0.387. The van der Waals surface area contributed by atoms with Crippen molar-refractivity contribution < 1.29 is 19.1 Å². The number of alkyl carbamates (subject to hydrolysis) is 1. The van der Waals surface area contributed by atoms with Gasteiger partial charge in [-0.25, -0.2) is 9.59 Å². The molecule has 0 saturated carbocycles. The van der Waals surface area contributed by atoms with E-state index in [9.17, 15) is 9.59 Å². The van der Waals surface area contributed by atoms with Gasteiger partial charge in [0.1, 0.15) is 11.3 Å². The third kappa shape index (κ3) is 5.03. The first-order valence-electron chi connectivity index (χ1n) is 8.99. The average molecular weight is 439 g/mol. The van der Waals surface area contributed by atoms with E-state index in [1.807, 2.05) is 57.4 Å². The van der Waals surface area contributed by atoms with Gasteiger partial charge in [-0.05, 0) is 69.1 Å².